The van der Waals surface area contributed by atoms with Crippen LogP contribution in [0.3, 0.4) is 0 Å². The molecule has 3 aromatic heterocycles. The lowest BCUT2D eigenvalue weighted by Gasteiger charge is -2.07. The SMILES string of the molecule is Cc1cc(C)n(-c2nnc([S-])n2N=Cc2ccc(-c3cc(C)c([N+](=O)[O-])cc3C)o2)n1. The molecule has 0 radical (unpaired) electrons. The summed E-state index contributed by atoms with van der Waals surface area (Å²) in [4.78, 5) is 10.8. The van der Waals surface area contributed by atoms with Crippen molar-refractivity contribution >= 4 is 24.5 Å². The smallest absolute Gasteiger partial charge is 0.272 e. The second kappa shape index (κ2) is 7.76. The van der Waals surface area contributed by atoms with Crippen LogP contribution < -0.4 is 0 Å². The number of benzene rings is 1. The summed E-state index contributed by atoms with van der Waals surface area (Å²) >= 11 is 5.23. The number of aromatic nitrogens is 5. The summed E-state index contributed by atoms with van der Waals surface area (Å²) in [5, 5.41) is 28.1. The summed E-state index contributed by atoms with van der Waals surface area (Å²) in [6.45, 7) is 7.29. The number of nitro benzene ring substituents is 1. The minimum Gasteiger partial charge on any atom is -0.738 e. The Kier molecular flexibility index (Phi) is 5.11. The topological polar surface area (TPSA) is 117 Å². The third-order valence-electron chi connectivity index (χ3n) is 4.73. The van der Waals surface area contributed by atoms with Crippen molar-refractivity contribution in [2.75, 3.05) is 0 Å². The Balaban J connectivity index is 1.65. The molecule has 0 spiro atoms. The third-order valence-corrected chi connectivity index (χ3v) is 4.98. The first kappa shape index (κ1) is 20.4. The number of aryl methyl sites for hydroxylation is 4. The van der Waals surface area contributed by atoms with E-state index in [9.17, 15) is 10.1 Å². The molecule has 0 bridgehead atoms. The molecule has 4 aromatic rings. The quantitative estimate of drug-likeness (QED) is 0.203. The van der Waals surface area contributed by atoms with Gasteiger partial charge in [-0.1, -0.05) is 0 Å². The number of hydrogen-bond acceptors (Lipinski definition) is 8. The molecule has 0 amide bonds. The summed E-state index contributed by atoms with van der Waals surface area (Å²) in [5.41, 5.74) is 3.88. The molecular weight excluding hydrogens is 418 g/mol. The summed E-state index contributed by atoms with van der Waals surface area (Å²) < 4.78 is 8.91. The van der Waals surface area contributed by atoms with Crippen molar-refractivity contribution in [3.8, 4) is 17.3 Å². The number of nitro groups is 1. The van der Waals surface area contributed by atoms with E-state index in [1.165, 1.54) is 10.9 Å². The number of rotatable bonds is 5. The zero-order chi connectivity index (χ0) is 22.3. The Morgan fingerprint density at radius 1 is 1.13 bits per heavy atom. The van der Waals surface area contributed by atoms with E-state index < -0.39 is 4.92 Å². The standard InChI is InChI=1S/C20H19N7O3S/c1-11-8-17(27(28)29)12(2)7-16(11)18-6-5-15(30-18)10-21-26-19(22-23-20(26)31)25-14(4)9-13(3)24-25/h5-10H,1-4H3,(H,23,31)/p-1. The molecular formula is C20H18N7O3S-. The molecule has 0 aliphatic heterocycles. The maximum atomic E-state index is 11.1. The predicted octanol–water partition coefficient (Wildman–Crippen LogP) is 3.65. The van der Waals surface area contributed by atoms with Gasteiger partial charge in [0.1, 0.15) is 11.5 Å². The first-order chi connectivity index (χ1) is 14.7. The van der Waals surface area contributed by atoms with Crippen molar-refractivity contribution in [2.45, 2.75) is 32.9 Å². The van der Waals surface area contributed by atoms with Crippen LogP contribution >= 0.6 is 0 Å². The van der Waals surface area contributed by atoms with Crippen molar-refractivity contribution in [2.24, 2.45) is 5.10 Å². The van der Waals surface area contributed by atoms with Crippen LogP contribution in [0.4, 0.5) is 5.69 Å². The average Bonchev–Trinajstić information content (AvgIpc) is 3.40. The van der Waals surface area contributed by atoms with Crippen LogP contribution in [0.25, 0.3) is 17.3 Å². The molecule has 0 fully saturated rings. The van der Waals surface area contributed by atoms with E-state index in [1.807, 2.05) is 19.9 Å². The van der Waals surface area contributed by atoms with E-state index in [2.05, 4.69) is 20.4 Å². The van der Waals surface area contributed by atoms with E-state index >= 15 is 0 Å². The molecule has 10 nitrogen and oxygen atoms in total. The van der Waals surface area contributed by atoms with Gasteiger partial charge in [-0.15, -0.1) is 5.10 Å². The molecule has 3 heterocycles. The van der Waals surface area contributed by atoms with Gasteiger partial charge in [0.15, 0.2) is 0 Å². The molecule has 1 aromatic carbocycles. The van der Waals surface area contributed by atoms with E-state index in [4.69, 9.17) is 17.0 Å². The van der Waals surface area contributed by atoms with Gasteiger partial charge in [0, 0.05) is 28.0 Å². The highest BCUT2D eigenvalue weighted by Crippen LogP contribution is 2.31. The maximum absolute atomic E-state index is 11.1. The van der Waals surface area contributed by atoms with Gasteiger partial charge in [0.2, 0.25) is 0 Å². The monoisotopic (exact) mass is 436 g/mol. The van der Waals surface area contributed by atoms with Crippen LogP contribution in [0.2, 0.25) is 0 Å². The average molecular weight is 436 g/mol. The van der Waals surface area contributed by atoms with Gasteiger partial charge in [-0.3, -0.25) is 10.1 Å². The third kappa shape index (κ3) is 3.82. The fourth-order valence-electron chi connectivity index (χ4n) is 3.27. The van der Waals surface area contributed by atoms with E-state index in [1.54, 1.807) is 42.8 Å². The Bertz CT molecular complexity index is 1330. The van der Waals surface area contributed by atoms with Gasteiger partial charge in [-0.05, 0) is 57.5 Å². The Morgan fingerprint density at radius 2 is 1.90 bits per heavy atom. The fourth-order valence-corrected chi connectivity index (χ4v) is 3.44. The van der Waals surface area contributed by atoms with Gasteiger partial charge >= 0.3 is 0 Å². The van der Waals surface area contributed by atoms with E-state index in [0.717, 1.165) is 22.5 Å². The zero-order valence-corrected chi connectivity index (χ0v) is 18.0. The molecule has 0 saturated carbocycles. The van der Waals surface area contributed by atoms with E-state index in [-0.39, 0.29) is 10.8 Å². The van der Waals surface area contributed by atoms with Crippen molar-refractivity contribution in [3.05, 3.63) is 68.7 Å². The Labute approximate surface area is 182 Å². The molecule has 0 aliphatic rings. The van der Waals surface area contributed by atoms with Crippen molar-refractivity contribution in [3.63, 3.8) is 0 Å². The summed E-state index contributed by atoms with van der Waals surface area (Å²) in [6.07, 6.45) is 1.51. The van der Waals surface area contributed by atoms with Crippen LogP contribution in [-0.4, -0.2) is 35.8 Å². The predicted molar refractivity (Wildman–Crippen MR) is 116 cm³/mol. The highest BCUT2D eigenvalue weighted by Gasteiger charge is 2.16. The number of nitrogens with zero attached hydrogens (tertiary/aromatic N) is 7. The van der Waals surface area contributed by atoms with Crippen LogP contribution in [0.5, 0.6) is 0 Å². The van der Waals surface area contributed by atoms with Crippen molar-refractivity contribution in [1.82, 2.24) is 24.7 Å². The lowest BCUT2D eigenvalue weighted by atomic mass is 10.0. The first-order valence-corrected chi connectivity index (χ1v) is 9.71. The highest BCUT2D eigenvalue weighted by molar-refractivity contribution is 7.58. The minimum absolute atomic E-state index is 0.0804. The summed E-state index contributed by atoms with van der Waals surface area (Å²) in [5.74, 6) is 1.44. The molecule has 0 N–H and O–H groups in total. The molecule has 0 aliphatic carbocycles. The van der Waals surface area contributed by atoms with Crippen LogP contribution in [-0.2, 0) is 12.6 Å². The maximum Gasteiger partial charge on any atom is 0.272 e. The van der Waals surface area contributed by atoms with Gasteiger partial charge in [-0.25, -0.2) is 9.36 Å². The van der Waals surface area contributed by atoms with Crippen LogP contribution in [0.15, 0.2) is 45.0 Å². The lowest BCUT2D eigenvalue weighted by molar-refractivity contribution is -0.385. The second-order valence-corrected chi connectivity index (χ2v) is 7.46. The second-order valence-electron chi connectivity index (χ2n) is 7.09. The molecule has 158 valence electrons. The Morgan fingerprint density at radius 3 is 2.58 bits per heavy atom. The van der Waals surface area contributed by atoms with Crippen molar-refractivity contribution in [1.29, 1.82) is 0 Å². The molecule has 4 rings (SSSR count). The number of furan rings is 1. The molecule has 31 heavy (non-hydrogen) atoms. The summed E-state index contributed by atoms with van der Waals surface area (Å²) in [6, 6.07) is 8.75. The molecule has 11 heteroatoms. The fraction of sp³-hybridized carbons (Fsp3) is 0.200. The Hall–Kier alpha value is -3.86. The van der Waals surface area contributed by atoms with Gasteiger partial charge in [0.25, 0.3) is 11.6 Å². The normalized spacial score (nSPS) is 11.5. The zero-order valence-electron chi connectivity index (χ0n) is 17.2. The highest BCUT2D eigenvalue weighted by atomic mass is 32.1. The molecule has 0 atom stereocenters. The summed E-state index contributed by atoms with van der Waals surface area (Å²) in [7, 11) is 0. The lowest BCUT2D eigenvalue weighted by Crippen LogP contribution is -2.07. The van der Waals surface area contributed by atoms with Gasteiger partial charge < -0.3 is 17.0 Å². The molecule has 0 unspecified atom stereocenters. The van der Waals surface area contributed by atoms with Crippen molar-refractivity contribution < 1.29 is 9.34 Å². The largest absolute Gasteiger partial charge is 0.738 e. The minimum atomic E-state index is -0.391. The van der Waals surface area contributed by atoms with Crippen LogP contribution in [0, 0.1) is 37.8 Å². The van der Waals surface area contributed by atoms with Gasteiger partial charge in [-0.2, -0.15) is 15.3 Å². The van der Waals surface area contributed by atoms with Crippen LogP contribution in [0.1, 0.15) is 28.3 Å². The number of hydrogen-bond donors (Lipinski definition) is 0. The first-order valence-electron chi connectivity index (χ1n) is 9.31. The van der Waals surface area contributed by atoms with E-state index in [0.29, 0.717) is 23.0 Å². The molecule has 0 saturated heterocycles. The van der Waals surface area contributed by atoms with Gasteiger partial charge in [0.05, 0.1) is 16.8 Å².